The van der Waals surface area contributed by atoms with E-state index in [1.54, 1.807) is 12.3 Å². The molecule has 1 aliphatic heterocycles. The van der Waals surface area contributed by atoms with Gasteiger partial charge in [0.2, 0.25) is 5.95 Å². The zero-order valence-electron chi connectivity index (χ0n) is 18.3. The third-order valence-corrected chi connectivity index (χ3v) is 4.00. The molecule has 1 aromatic heterocycles. The van der Waals surface area contributed by atoms with Crippen LogP contribution in [0.4, 0.5) is 17.5 Å². The summed E-state index contributed by atoms with van der Waals surface area (Å²) in [6.45, 7) is 2.88. The van der Waals surface area contributed by atoms with Crippen LogP contribution in [0.15, 0.2) is 59.7 Å². The maximum absolute atomic E-state index is 9.00. The average Bonchev–Trinajstić information content (AvgIpc) is 3.21. The zero-order valence-corrected chi connectivity index (χ0v) is 18.3. The molecule has 0 spiro atoms. The molecule has 9 nitrogen and oxygen atoms in total. The Morgan fingerprint density at radius 2 is 1.70 bits per heavy atom. The number of hydrogen-bond donors (Lipinski definition) is 4. The Labute approximate surface area is 191 Å². The van der Waals surface area contributed by atoms with E-state index >= 15 is 0 Å². The molecule has 33 heavy (non-hydrogen) atoms. The highest BCUT2D eigenvalue weighted by Crippen LogP contribution is 2.27. The van der Waals surface area contributed by atoms with Crippen LogP contribution in [0.1, 0.15) is 36.1 Å². The number of anilines is 3. The number of carboxylic acids is 2. The van der Waals surface area contributed by atoms with E-state index in [1.807, 2.05) is 24.4 Å². The lowest BCUT2D eigenvalue weighted by Gasteiger charge is -2.10. The molecular weight excluding hydrogens is 422 g/mol. The number of nitrogens with zero attached hydrogens (tertiary/aromatic N) is 3. The SMILES string of the molecule is CC(=O)O.CC(=O)O.Nc1nccc(Nc2cc3c(c(/C=C/c4ccccc4)c2)CN=C3)n1. The van der Waals surface area contributed by atoms with Gasteiger partial charge in [-0.15, -0.1) is 0 Å². The molecule has 170 valence electrons. The second-order valence-electron chi connectivity index (χ2n) is 6.81. The van der Waals surface area contributed by atoms with Crippen molar-refractivity contribution >= 4 is 47.8 Å². The minimum absolute atomic E-state index is 0.247. The van der Waals surface area contributed by atoms with E-state index in [1.165, 1.54) is 5.56 Å². The lowest BCUT2D eigenvalue weighted by atomic mass is 10.0. The summed E-state index contributed by atoms with van der Waals surface area (Å²) in [6, 6.07) is 16.2. The number of aliphatic carboxylic acids is 2. The van der Waals surface area contributed by atoms with Crippen LogP contribution in [0, 0.1) is 0 Å². The van der Waals surface area contributed by atoms with Crippen LogP contribution in [0.25, 0.3) is 12.2 Å². The predicted octanol–water partition coefficient (Wildman–Crippen LogP) is 4.09. The van der Waals surface area contributed by atoms with Crippen molar-refractivity contribution in [1.82, 2.24) is 9.97 Å². The van der Waals surface area contributed by atoms with Crippen molar-refractivity contribution in [2.75, 3.05) is 11.1 Å². The number of aliphatic imine (C=N–C) groups is 1. The highest BCUT2D eigenvalue weighted by molar-refractivity contribution is 5.90. The topological polar surface area (TPSA) is 151 Å². The smallest absolute Gasteiger partial charge is 0.300 e. The lowest BCUT2D eigenvalue weighted by Crippen LogP contribution is -2.00. The third kappa shape index (κ3) is 9.01. The summed E-state index contributed by atoms with van der Waals surface area (Å²) < 4.78 is 0. The number of hydrogen-bond acceptors (Lipinski definition) is 7. The van der Waals surface area contributed by atoms with Gasteiger partial charge in [-0.2, -0.15) is 4.98 Å². The molecule has 0 saturated carbocycles. The predicted molar refractivity (Wildman–Crippen MR) is 129 cm³/mol. The molecule has 2 heterocycles. The third-order valence-electron chi connectivity index (χ3n) is 4.00. The molecule has 0 aliphatic carbocycles. The van der Waals surface area contributed by atoms with E-state index in [0.717, 1.165) is 36.2 Å². The highest BCUT2D eigenvalue weighted by atomic mass is 16.4. The maximum atomic E-state index is 9.00. The number of nitrogens with one attached hydrogen (secondary N) is 1. The Morgan fingerprint density at radius 3 is 2.33 bits per heavy atom. The van der Waals surface area contributed by atoms with Crippen molar-refractivity contribution < 1.29 is 19.8 Å². The van der Waals surface area contributed by atoms with Gasteiger partial charge in [0.25, 0.3) is 11.9 Å². The largest absolute Gasteiger partial charge is 0.481 e. The molecule has 0 bridgehead atoms. The molecule has 0 atom stereocenters. The molecule has 3 aromatic rings. The van der Waals surface area contributed by atoms with Gasteiger partial charge in [0, 0.05) is 31.9 Å². The van der Waals surface area contributed by atoms with E-state index in [2.05, 4.69) is 56.7 Å². The second-order valence-corrected chi connectivity index (χ2v) is 6.81. The van der Waals surface area contributed by atoms with Gasteiger partial charge in [-0.1, -0.05) is 42.5 Å². The van der Waals surface area contributed by atoms with Crippen molar-refractivity contribution in [2.24, 2.45) is 4.99 Å². The van der Waals surface area contributed by atoms with E-state index in [-0.39, 0.29) is 5.95 Å². The normalized spacial score (nSPS) is 11.0. The van der Waals surface area contributed by atoms with Crippen molar-refractivity contribution in [3.05, 3.63) is 77.0 Å². The number of nitrogen functional groups attached to an aromatic ring is 1. The summed E-state index contributed by atoms with van der Waals surface area (Å²) in [5, 5.41) is 18.1. The van der Waals surface area contributed by atoms with Crippen molar-refractivity contribution in [1.29, 1.82) is 0 Å². The van der Waals surface area contributed by atoms with Crippen molar-refractivity contribution in [3.63, 3.8) is 0 Å². The van der Waals surface area contributed by atoms with Gasteiger partial charge in [-0.3, -0.25) is 14.6 Å². The molecule has 2 aromatic carbocycles. The first-order valence-electron chi connectivity index (χ1n) is 9.89. The Balaban J connectivity index is 0.000000420. The fraction of sp³-hybridized carbons (Fsp3) is 0.125. The Morgan fingerprint density at radius 1 is 1.03 bits per heavy atom. The standard InChI is InChI=1S/C20H17N5.2C2H4O2/c21-20-23-9-8-19(25-20)24-17-10-15(18-13-22-12-16(18)11-17)7-6-14-4-2-1-3-5-14;2*1-2(3)4/h1-12H,13H2,(H3,21,23,24,25);2*1H3,(H,3,4)/b7-6+;;. The average molecular weight is 447 g/mol. The van der Waals surface area contributed by atoms with E-state index in [4.69, 9.17) is 25.5 Å². The van der Waals surface area contributed by atoms with Crippen molar-refractivity contribution in [2.45, 2.75) is 20.4 Å². The number of carbonyl (C=O) groups is 2. The van der Waals surface area contributed by atoms with Gasteiger partial charge in [0.15, 0.2) is 0 Å². The summed E-state index contributed by atoms with van der Waals surface area (Å²) in [4.78, 5) is 30.5. The van der Waals surface area contributed by atoms with Gasteiger partial charge < -0.3 is 21.3 Å². The summed E-state index contributed by atoms with van der Waals surface area (Å²) in [6.07, 6.45) is 7.78. The number of rotatable bonds is 4. The van der Waals surface area contributed by atoms with Crippen LogP contribution in [-0.2, 0) is 16.1 Å². The fourth-order valence-electron chi connectivity index (χ4n) is 2.81. The molecule has 9 heteroatoms. The lowest BCUT2D eigenvalue weighted by molar-refractivity contribution is -0.135. The number of carboxylic acid groups (broad SMARTS) is 2. The van der Waals surface area contributed by atoms with E-state index < -0.39 is 11.9 Å². The van der Waals surface area contributed by atoms with Gasteiger partial charge in [-0.05, 0) is 40.5 Å². The summed E-state index contributed by atoms with van der Waals surface area (Å²) in [5.41, 5.74) is 11.3. The summed E-state index contributed by atoms with van der Waals surface area (Å²) in [7, 11) is 0. The molecule has 0 fully saturated rings. The maximum Gasteiger partial charge on any atom is 0.300 e. The fourth-order valence-corrected chi connectivity index (χ4v) is 2.81. The number of benzene rings is 2. The van der Waals surface area contributed by atoms with Crippen LogP contribution in [0.3, 0.4) is 0 Å². The molecular formula is C24H25N5O4. The first-order chi connectivity index (χ1) is 15.7. The first kappa shape index (κ1) is 24.7. The monoisotopic (exact) mass is 447 g/mol. The Kier molecular flexibility index (Phi) is 9.26. The molecule has 1 aliphatic rings. The van der Waals surface area contributed by atoms with Crippen LogP contribution in [0.2, 0.25) is 0 Å². The number of nitrogens with two attached hydrogens (primary N) is 1. The summed E-state index contributed by atoms with van der Waals surface area (Å²) >= 11 is 0. The number of aromatic nitrogens is 2. The minimum Gasteiger partial charge on any atom is -0.481 e. The second kappa shape index (κ2) is 12.4. The van der Waals surface area contributed by atoms with Gasteiger partial charge >= 0.3 is 0 Å². The summed E-state index contributed by atoms with van der Waals surface area (Å²) in [5.74, 6) is -0.753. The molecule has 0 amide bonds. The van der Waals surface area contributed by atoms with Crippen LogP contribution in [-0.4, -0.2) is 38.3 Å². The van der Waals surface area contributed by atoms with Gasteiger partial charge in [0.05, 0.1) is 6.54 Å². The first-order valence-corrected chi connectivity index (χ1v) is 9.89. The minimum atomic E-state index is -0.833. The Bertz CT molecular complexity index is 1140. The zero-order chi connectivity index (χ0) is 24.2. The Hall–Kier alpha value is -4.53. The quantitative estimate of drug-likeness (QED) is 0.437. The molecule has 4 rings (SSSR count). The van der Waals surface area contributed by atoms with Crippen LogP contribution in [0.5, 0.6) is 0 Å². The molecule has 0 saturated heterocycles. The van der Waals surface area contributed by atoms with Crippen LogP contribution >= 0.6 is 0 Å². The molecule has 0 radical (unpaired) electrons. The number of fused-ring (bicyclic) bond motifs is 1. The van der Waals surface area contributed by atoms with Gasteiger partial charge in [0.1, 0.15) is 5.82 Å². The van der Waals surface area contributed by atoms with Crippen LogP contribution < -0.4 is 11.1 Å². The van der Waals surface area contributed by atoms with E-state index in [9.17, 15) is 0 Å². The molecule has 5 N–H and O–H groups in total. The van der Waals surface area contributed by atoms with Crippen molar-refractivity contribution in [3.8, 4) is 0 Å². The molecule has 0 unspecified atom stereocenters. The highest BCUT2D eigenvalue weighted by Gasteiger charge is 2.12. The van der Waals surface area contributed by atoms with Gasteiger partial charge in [-0.25, -0.2) is 4.98 Å². The van der Waals surface area contributed by atoms with E-state index in [0.29, 0.717) is 12.4 Å².